The van der Waals surface area contributed by atoms with Crippen LogP contribution in [0.25, 0.3) is 0 Å². The molecule has 0 radical (unpaired) electrons. The summed E-state index contributed by atoms with van der Waals surface area (Å²) in [6.07, 6.45) is 1.99. The number of amides is 1. The highest BCUT2D eigenvalue weighted by molar-refractivity contribution is 5.84. The standard InChI is InChI=1S/C18H30N4O/c1-15(2)10-12-19-18(21-14-17(23)22(3)4)20-13-11-16-8-6-5-7-9-16/h5-9,15H,10-14H2,1-4H3,(H2,19,20,21). The molecule has 2 N–H and O–H groups in total. The molecule has 23 heavy (non-hydrogen) atoms. The van der Waals surface area contributed by atoms with Crippen LogP contribution in [0.15, 0.2) is 35.3 Å². The van der Waals surface area contributed by atoms with Gasteiger partial charge in [0.05, 0.1) is 0 Å². The second-order valence-electron chi connectivity index (χ2n) is 6.22. The summed E-state index contributed by atoms with van der Waals surface area (Å²) >= 11 is 0. The van der Waals surface area contributed by atoms with Crippen LogP contribution in [-0.2, 0) is 11.2 Å². The number of nitrogens with zero attached hydrogens (tertiary/aromatic N) is 2. The molecular weight excluding hydrogens is 288 g/mol. The first-order valence-electron chi connectivity index (χ1n) is 8.25. The molecule has 128 valence electrons. The van der Waals surface area contributed by atoms with Crippen LogP contribution >= 0.6 is 0 Å². The van der Waals surface area contributed by atoms with Crippen molar-refractivity contribution in [1.29, 1.82) is 0 Å². The SMILES string of the molecule is CC(C)CCNC(=NCC(=O)N(C)C)NCCc1ccccc1. The second-order valence-corrected chi connectivity index (χ2v) is 6.22. The van der Waals surface area contributed by atoms with E-state index in [1.165, 1.54) is 5.56 Å². The lowest BCUT2D eigenvalue weighted by Crippen LogP contribution is -2.40. The molecule has 0 saturated carbocycles. The van der Waals surface area contributed by atoms with Gasteiger partial charge in [-0.1, -0.05) is 44.2 Å². The monoisotopic (exact) mass is 318 g/mol. The van der Waals surface area contributed by atoms with Crippen molar-refractivity contribution in [2.45, 2.75) is 26.7 Å². The van der Waals surface area contributed by atoms with E-state index in [9.17, 15) is 4.79 Å². The van der Waals surface area contributed by atoms with Gasteiger partial charge in [0.1, 0.15) is 6.54 Å². The van der Waals surface area contributed by atoms with Crippen LogP contribution in [0.4, 0.5) is 0 Å². The van der Waals surface area contributed by atoms with Gasteiger partial charge in [0.15, 0.2) is 5.96 Å². The zero-order valence-electron chi connectivity index (χ0n) is 14.8. The molecule has 0 aromatic heterocycles. The summed E-state index contributed by atoms with van der Waals surface area (Å²) in [6.45, 7) is 6.18. The molecule has 5 nitrogen and oxygen atoms in total. The van der Waals surface area contributed by atoms with E-state index in [-0.39, 0.29) is 12.5 Å². The van der Waals surface area contributed by atoms with E-state index in [0.29, 0.717) is 11.9 Å². The molecule has 0 aliphatic rings. The van der Waals surface area contributed by atoms with Crippen LogP contribution in [0.2, 0.25) is 0 Å². The van der Waals surface area contributed by atoms with Gasteiger partial charge in [-0.2, -0.15) is 0 Å². The average molecular weight is 318 g/mol. The number of carbonyl (C=O) groups excluding carboxylic acids is 1. The number of likely N-dealkylation sites (N-methyl/N-ethyl adjacent to an activating group) is 1. The van der Waals surface area contributed by atoms with Crippen molar-refractivity contribution >= 4 is 11.9 Å². The van der Waals surface area contributed by atoms with Crippen molar-refractivity contribution < 1.29 is 4.79 Å². The molecule has 0 bridgehead atoms. The number of rotatable bonds is 8. The quantitative estimate of drug-likeness (QED) is 0.568. The minimum Gasteiger partial charge on any atom is -0.356 e. The van der Waals surface area contributed by atoms with Gasteiger partial charge in [-0.15, -0.1) is 0 Å². The Bertz CT molecular complexity index is 483. The lowest BCUT2D eigenvalue weighted by Gasteiger charge is -2.14. The molecular formula is C18H30N4O. The third-order valence-electron chi connectivity index (χ3n) is 3.43. The van der Waals surface area contributed by atoms with Gasteiger partial charge in [-0.25, -0.2) is 4.99 Å². The summed E-state index contributed by atoms with van der Waals surface area (Å²) in [4.78, 5) is 17.6. The third kappa shape index (κ3) is 8.86. The van der Waals surface area contributed by atoms with Gasteiger partial charge in [0, 0.05) is 27.2 Å². The summed E-state index contributed by atoms with van der Waals surface area (Å²) in [7, 11) is 3.49. The lowest BCUT2D eigenvalue weighted by molar-refractivity contribution is -0.127. The van der Waals surface area contributed by atoms with E-state index in [4.69, 9.17) is 0 Å². The summed E-state index contributed by atoms with van der Waals surface area (Å²) < 4.78 is 0. The van der Waals surface area contributed by atoms with E-state index in [1.807, 2.05) is 18.2 Å². The fraction of sp³-hybridized carbons (Fsp3) is 0.556. The number of hydrogen-bond acceptors (Lipinski definition) is 2. The van der Waals surface area contributed by atoms with Gasteiger partial charge in [-0.05, 0) is 24.3 Å². The summed E-state index contributed by atoms with van der Waals surface area (Å²) in [5.74, 6) is 1.34. The first-order chi connectivity index (χ1) is 11.0. The zero-order valence-corrected chi connectivity index (χ0v) is 14.8. The Balaban J connectivity index is 2.48. The molecule has 1 amide bonds. The van der Waals surface area contributed by atoms with E-state index in [2.05, 4.69) is 41.6 Å². The van der Waals surface area contributed by atoms with Gasteiger partial charge in [0.2, 0.25) is 5.91 Å². The minimum absolute atomic E-state index is 0.00183. The molecule has 0 heterocycles. The number of guanidine groups is 1. The molecule has 0 aliphatic carbocycles. The largest absolute Gasteiger partial charge is 0.356 e. The van der Waals surface area contributed by atoms with Gasteiger partial charge >= 0.3 is 0 Å². The van der Waals surface area contributed by atoms with Crippen molar-refractivity contribution in [2.24, 2.45) is 10.9 Å². The highest BCUT2D eigenvalue weighted by Gasteiger charge is 2.05. The average Bonchev–Trinajstić information content (AvgIpc) is 2.52. The first-order valence-corrected chi connectivity index (χ1v) is 8.25. The Morgan fingerprint density at radius 1 is 1.13 bits per heavy atom. The van der Waals surface area contributed by atoms with Crippen LogP contribution < -0.4 is 10.6 Å². The maximum atomic E-state index is 11.7. The van der Waals surface area contributed by atoms with Crippen LogP contribution in [0.1, 0.15) is 25.8 Å². The van der Waals surface area contributed by atoms with Crippen molar-refractivity contribution in [3.8, 4) is 0 Å². The Labute approximate surface area is 140 Å². The molecule has 1 aromatic carbocycles. The lowest BCUT2D eigenvalue weighted by atomic mass is 10.1. The number of carbonyl (C=O) groups is 1. The number of nitrogens with one attached hydrogen (secondary N) is 2. The Kier molecular flexibility index (Phi) is 8.80. The van der Waals surface area contributed by atoms with E-state index in [0.717, 1.165) is 25.9 Å². The number of benzene rings is 1. The maximum absolute atomic E-state index is 11.7. The van der Waals surface area contributed by atoms with Gasteiger partial charge in [0.25, 0.3) is 0 Å². The summed E-state index contributed by atoms with van der Waals surface area (Å²) in [5, 5.41) is 6.60. The Morgan fingerprint density at radius 2 is 1.78 bits per heavy atom. The van der Waals surface area contributed by atoms with E-state index >= 15 is 0 Å². The fourth-order valence-electron chi connectivity index (χ4n) is 1.91. The molecule has 0 aliphatic heterocycles. The Hall–Kier alpha value is -2.04. The number of hydrogen-bond donors (Lipinski definition) is 2. The molecule has 5 heteroatoms. The summed E-state index contributed by atoms with van der Waals surface area (Å²) in [6, 6.07) is 10.3. The van der Waals surface area contributed by atoms with Crippen LogP contribution in [-0.4, -0.2) is 50.5 Å². The minimum atomic E-state index is -0.00183. The topological polar surface area (TPSA) is 56.7 Å². The van der Waals surface area contributed by atoms with Crippen LogP contribution in [0.3, 0.4) is 0 Å². The van der Waals surface area contributed by atoms with Crippen molar-refractivity contribution in [3.05, 3.63) is 35.9 Å². The second kappa shape index (κ2) is 10.6. The van der Waals surface area contributed by atoms with Crippen LogP contribution in [0, 0.1) is 5.92 Å². The third-order valence-corrected chi connectivity index (χ3v) is 3.43. The van der Waals surface area contributed by atoms with Gasteiger partial charge in [-0.3, -0.25) is 4.79 Å². The van der Waals surface area contributed by atoms with E-state index in [1.54, 1.807) is 19.0 Å². The zero-order chi connectivity index (χ0) is 17.1. The molecule has 0 saturated heterocycles. The predicted octanol–water partition coefficient (Wildman–Crippen LogP) is 1.90. The predicted molar refractivity (Wildman–Crippen MR) is 96.6 cm³/mol. The normalized spacial score (nSPS) is 11.4. The summed E-state index contributed by atoms with van der Waals surface area (Å²) in [5.41, 5.74) is 1.28. The molecule has 0 fully saturated rings. The van der Waals surface area contributed by atoms with Crippen molar-refractivity contribution in [2.75, 3.05) is 33.7 Å². The van der Waals surface area contributed by atoms with E-state index < -0.39 is 0 Å². The Morgan fingerprint density at radius 3 is 2.39 bits per heavy atom. The first kappa shape index (κ1) is 19.0. The molecule has 0 spiro atoms. The fourth-order valence-corrected chi connectivity index (χ4v) is 1.91. The maximum Gasteiger partial charge on any atom is 0.243 e. The molecule has 0 unspecified atom stereocenters. The van der Waals surface area contributed by atoms with Crippen molar-refractivity contribution in [1.82, 2.24) is 15.5 Å². The smallest absolute Gasteiger partial charge is 0.243 e. The number of aliphatic imine (C=N–C) groups is 1. The highest BCUT2D eigenvalue weighted by Crippen LogP contribution is 1.98. The van der Waals surface area contributed by atoms with Gasteiger partial charge < -0.3 is 15.5 Å². The molecule has 1 rings (SSSR count). The van der Waals surface area contributed by atoms with Crippen LogP contribution in [0.5, 0.6) is 0 Å². The highest BCUT2D eigenvalue weighted by atomic mass is 16.2. The van der Waals surface area contributed by atoms with Crippen molar-refractivity contribution in [3.63, 3.8) is 0 Å². The molecule has 1 aromatic rings. The molecule has 0 atom stereocenters.